The number of rotatable bonds is 2. The van der Waals surface area contributed by atoms with Gasteiger partial charge in [-0.2, -0.15) is 0 Å². The zero-order valence-electron chi connectivity index (χ0n) is 8.11. The standard InChI is InChI=1S/C10H16N4/c11-10-7-12-6-9(14-10)5-8-3-1-2-4-13-8/h1-4,9-10,12,14H,5-7,11H2. The lowest BCUT2D eigenvalue weighted by Crippen LogP contribution is -2.59. The first-order valence-corrected chi connectivity index (χ1v) is 4.97. The van der Waals surface area contributed by atoms with E-state index < -0.39 is 0 Å². The Kier molecular flexibility index (Phi) is 3.08. The van der Waals surface area contributed by atoms with Crippen molar-refractivity contribution in [3.05, 3.63) is 30.1 Å². The molecule has 0 amide bonds. The predicted molar refractivity (Wildman–Crippen MR) is 55.7 cm³/mol. The third-order valence-corrected chi connectivity index (χ3v) is 2.39. The zero-order chi connectivity index (χ0) is 9.80. The highest BCUT2D eigenvalue weighted by atomic mass is 15.2. The molecule has 0 spiro atoms. The number of nitrogens with two attached hydrogens (primary N) is 1. The number of nitrogens with zero attached hydrogens (tertiary/aromatic N) is 1. The Morgan fingerprint density at radius 1 is 1.43 bits per heavy atom. The van der Waals surface area contributed by atoms with Crippen LogP contribution in [0.1, 0.15) is 5.69 Å². The van der Waals surface area contributed by atoms with Gasteiger partial charge in [-0.1, -0.05) is 6.07 Å². The molecule has 1 aromatic heterocycles. The van der Waals surface area contributed by atoms with Gasteiger partial charge in [-0.25, -0.2) is 0 Å². The first kappa shape index (κ1) is 9.58. The average molecular weight is 192 g/mol. The lowest BCUT2D eigenvalue weighted by atomic mass is 10.1. The van der Waals surface area contributed by atoms with Gasteiger partial charge in [0.25, 0.3) is 0 Å². The van der Waals surface area contributed by atoms with Crippen molar-refractivity contribution in [2.24, 2.45) is 5.73 Å². The van der Waals surface area contributed by atoms with Crippen molar-refractivity contribution in [3.8, 4) is 0 Å². The van der Waals surface area contributed by atoms with E-state index in [1.165, 1.54) is 0 Å². The van der Waals surface area contributed by atoms with Gasteiger partial charge < -0.3 is 11.1 Å². The van der Waals surface area contributed by atoms with Crippen LogP contribution in [0.4, 0.5) is 0 Å². The van der Waals surface area contributed by atoms with Crippen molar-refractivity contribution in [2.75, 3.05) is 13.1 Å². The molecule has 2 atom stereocenters. The number of pyridine rings is 1. The summed E-state index contributed by atoms with van der Waals surface area (Å²) in [5.41, 5.74) is 6.90. The van der Waals surface area contributed by atoms with Gasteiger partial charge in [0, 0.05) is 37.4 Å². The number of hydrogen-bond donors (Lipinski definition) is 3. The Morgan fingerprint density at radius 2 is 2.36 bits per heavy atom. The summed E-state index contributed by atoms with van der Waals surface area (Å²) in [4.78, 5) is 4.29. The molecule has 1 aromatic rings. The summed E-state index contributed by atoms with van der Waals surface area (Å²) in [6.07, 6.45) is 2.82. The fourth-order valence-electron chi connectivity index (χ4n) is 1.74. The Morgan fingerprint density at radius 3 is 3.07 bits per heavy atom. The monoisotopic (exact) mass is 192 g/mol. The van der Waals surface area contributed by atoms with E-state index in [1.807, 2.05) is 24.4 Å². The molecular formula is C10H16N4. The number of piperazine rings is 1. The summed E-state index contributed by atoms with van der Waals surface area (Å²) < 4.78 is 0. The van der Waals surface area contributed by atoms with Crippen molar-refractivity contribution in [1.82, 2.24) is 15.6 Å². The molecule has 1 aliphatic heterocycles. The second-order valence-electron chi connectivity index (χ2n) is 3.65. The minimum absolute atomic E-state index is 0.0671. The summed E-state index contributed by atoms with van der Waals surface area (Å²) in [6, 6.07) is 6.39. The molecule has 14 heavy (non-hydrogen) atoms. The van der Waals surface area contributed by atoms with Crippen LogP contribution in [0.5, 0.6) is 0 Å². The van der Waals surface area contributed by atoms with Gasteiger partial charge in [-0.15, -0.1) is 0 Å². The molecular weight excluding hydrogens is 176 g/mol. The first-order valence-electron chi connectivity index (χ1n) is 4.97. The molecule has 4 heteroatoms. The van der Waals surface area contributed by atoms with Crippen LogP contribution >= 0.6 is 0 Å². The molecule has 0 aliphatic carbocycles. The van der Waals surface area contributed by atoms with E-state index in [9.17, 15) is 0 Å². The zero-order valence-corrected chi connectivity index (χ0v) is 8.11. The highest BCUT2D eigenvalue weighted by Crippen LogP contribution is 2.01. The van der Waals surface area contributed by atoms with E-state index >= 15 is 0 Å². The molecule has 0 aromatic carbocycles. The normalized spacial score (nSPS) is 27.5. The quantitative estimate of drug-likeness (QED) is 0.589. The van der Waals surface area contributed by atoms with E-state index in [2.05, 4.69) is 15.6 Å². The fourth-order valence-corrected chi connectivity index (χ4v) is 1.74. The molecule has 2 unspecified atom stereocenters. The molecule has 1 aliphatic rings. The highest BCUT2D eigenvalue weighted by molar-refractivity contribution is 5.06. The Hall–Kier alpha value is -0.970. The van der Waals surface area contributed by atoms with Gasteiger partial charge in [-0.05, 0) is 12.1 Å². The van der Waals surface area contributed by atoms with Crippen LogP contribution in [0.2, 0.25) is 0 Å². The van der Waals surface area contributed by atoms with Crippen molar-refractivity contribution < 1.29 is 0 Å². The summed E-state index contributed by atoms with van der Waals surface area (Å²) in [7, 11) is 0. The number of hydrogen-bond acceptors (Lipinski definition) is 4. The third-order valence-electron chi connectivity index (χ3n) is 2.39. The second-order valence-corrected chi connectivity index (χ2v) is 3.65. The Labute approximate surface area is 83.9 Å². The van der Waals surface area contributed by atoms with Gasteiger partial charge in [0.2, 0.25) is 0 Å². The molecule has 4 nitrogen and oxygen atoms in total. The molecule has 4 N–H and O–H groups in total. The Balaban J connectivity index is 1.91. The van der Waals surface area contributed by atoms with E-state index in [-0.39, 0.29) is 6.17 Å². The summed E-state index contributed by atoms with van der Waals surface area (Å²) in [6.45, 7) is 1.81. The molecule has 2 heterocycles. The highest BCUT2D eigenvalue weighted by Gasteiger charge is 2.17. The van der Waals surface area contributed by atoms with E-state index in [4.69, 9.17) is 5.73 Å². The number of nitrogens with one attached hydrogen (secondary N) is 2. The lowest BCUT2D eigenvalue weighted by Gasteiger charge is -2.29. The lowest BCUT2D eigenvalue weighted by molar-refractivity contribution is 0.340. The van der Waals surface area contributed by atoms with Crippen LogP contribution in [-0.4, -0.2) is 30.3 Å². The van der Waals surface area contributed by atoms with Gasteiger partial charge in [0.15, 0.2) is 0 Å². The maximum Gasteiger partial charge on any atom is 0.0677 e. The van der Waals surface area contributed by atoms with Crippen LogP contribution in [0.25, 0.3) is 0 Å². The maximum absolute atomic E-state index is 5.78. The van der Waals surface area contributed by atoms with Crippen molar-refractivity contribution >= 4 is 0 Å². The van der Waals surface area contributed by atoms with Crippen LogP contribution in [-0.2, 0) is 6.42 Å². The van der Waals surface area contributed by atoms with Crippen molar-refractivity contribution in [3.63, 3.8) is 0 Å². The largest absolute Gasteiger partial charge is 0.315 e. The van der Waals surface area contributed by atoms with Crippen LogP contribution in [0.15, 0.2) is 24.4 Å². The van der Waals surface area contributed by atoms with E-state index in [1.54, 1.807) is 0 Å². The molecule has 0 bridgehead atoms. The van der Waals surface area contributed by atoms with Crippen molar-refractivity contribution in [2.45, 2.75) is 18.6 Å². The fraction of sp³-hybridized carbons (Fsp3) is 0.500. The topological polar surface area (TPSA) is 63.0 Å². The van der Waals surface area contributed by atoms with Gasteiger partial charge >= 0.3 is 0 Å². The predicted octanol–water partition coefficient (Wildman–Crippen LogP) is -0.530. The summed E-state index contributed by atoms with van der Waals surface area (Å²) in [5, 5.41) is 6.63. The molecule has 0 saturated carbocycles. The smallest absolute Gasteiger partial charge is 0.0677 e. The van der Waals surface area contributed by atoms with E-state index in [0.717, 1.165) is 25.2 Å². The maximum atomic E-state index is 5.78. The van der Waals surface area contributed by atoms with Gasteiger partial charge in [-0.3, -0.25) is 10.3 Å². The van der Waals surface area contributed by atoms with Crippen LogP contribution in [0, 0.1) is 0 Å². The SMILES string of the molecule is NC1CNCC(Cc2ccccn2)N1. The Bertz CT molecular complexity index is 275. The average Bonchev–Trinajstić information content (AvgIpc) is 2.19. The minimum atomic E-state index is 0.0671. The molecule has 1 fully saturated rings. The van der Waals surface area contributed by atoms with Crippen molar-refractivity contribution in [1.29, 1.82) is 0 Å². The first-order chi connectivity index (χ1) is 6.84. The molecule has 1 saturated heterocycles. The van der Waals surface area contributed by atoms with Crippen LogP contribution in [0.3, 0.4) is 0 Å². The van der Waals surface area contributed by atoms with E-state index in [0.29, 0.717) is 6.04 Å². The molecule has 2 rings (SSSR count). The number of aromatic nitrogens is 1. The minimum Gasteiger partial charge on any atom is -0.315 e. The van der Waals surface area contributed by atoms with Crippen LogP contribution < -0.4 is 16.4 Å². The van der Waals surface area contributed by atoms with Gasteiger partial charge in [0.05, 0.1) is 6.17 Å². The third kappa shape index (κ3) is 2.51. The van der Waals surface area contributed by atoms with Gasteiger partial charge in [0.1, 0.15) is 0 Å². The summed E-state index contributed by atoms with van der Waals surface area (Å²) >= 11 is 0. The molecule has 76 valence electrons. The molecule has 0 radical (unpaired) electrons. The second kappa shape index (κ2) is 4.50. The summed E-state index contributed by atoms with van der Waals surface area (Å²) in [5.74, 6) is 0.